The zero-order valence-corrected chi connectivity index (χ0v) is 12.6. The average Bonchev–Trinajstić information content (AvgIpc) is 2.38. The van der Waals surface area contributed by atoms with E-state index in [4.69, 9.17) is 0 Å². The second-order valence-electron chi connectivity index (χ2n) is 5.28. The molecule has 1 unspecified atom stereocenters. The summed E-state index contributed by atoms with van der Waals surface area (Å²) in [6, 6.07) is 0.401. The standard InChI is InChI=1S/C13H28N2O2S/c1-3-4-7-11-15(2)18(16,17)12-9-13-8-5-6-10-14-13/h13-14H,3-12H2,1-2H3. The summed E-state index contributed by atoms with van der Waals surface area (Å²) in [4.78, 5) is 0. The van der Waals surface area contributed by atoms with Crippen molar-refractivity contribution in [3.8, 4) is 0 Å². The molecule has 0 radical (unpaired) electrons. The van der Waals surface area contributed by atoms with Crippen molar-refractivity contribution in [2.24, 2.45) is 0 Å². The van der Waals surface area contributed by atoms with Crippen molar-refractivity contribution in [1.29, 1.82) is 0 Å². The molecule has 0 aromatic heterocycles. The minimum Gasteiger partial charge on any atom is -0.314 e. The first-order valence-electron chi connectivity index (χ1n) is 7.23. The summed E-state index contributed by atoms with van der Waals surface area (Å²) in [6.45, 7) is 3.83. The van der Waals surface area contributed by atoms with Crippen molar-refractivity contribution in [2.45, 2.75) is 57.9 Å². The average molecular weight is 276 g/mol. The molecule has 4 nitrogen and oxygen atoms in total. The fraction of sp³-hybridized carbons (Fsp3) is 1.00. The molecule has 1 saturated heterocycles. The Kier molecular flexibility index (Phi) is 7.19. The lowest BCUT2D eigenvalue weighted by Gasteiger charge is -2.24. The lowest BCUT2D eigenvalue weighted by atomic mass is 10.0. The Morgan fingerprint density at radius 1 is 1.28 bits per heavy atom. The van der Waals surface area contributed by atoms with Crippen LogP contribution in [-0.2, 0) is 10.0 Å². The highest BCUT2D eigenvalue weighted by Gasteiger charge is 2.20. The minimum atomic E-state index is -3.05. The van der Waals surface area contributed by atoms with E-state index in [0.29, 0.717) is 12.6 Å². The van der Waals surface area contributed by atoms with Crippen LogP contribution in [-0.4, -0.2) is 44.7 Å². The third kappa shape index (κ3) is 5.67. The SMILES string of the molecule is CCCCCN(C)S(=O)(=O)CCC1CCCCN1. The van der Waals surface area contributed by atoms with Crippen LogP contribution in [0.5, 0.6) is 0 Å². The fourth-order valence-corrected chi connectivity index (χ4v) is 3.64. The lowest BCUT2D eigenvalue weighted by molar-refractivity contribution is 0.388. The number of rotatable bonds is 8. The van der Waals surface area contributed by atoms with Gasteiger partial charge in [-0.1, -0.05) is 26.2 Å². The van der Waals surface area contributed by atoms with Crippen LogP contribution in [0.2, 0.25) is 0 Å². The van der Waals surface area contributed by atoms with Crippen LogP contribution in [0.25, 0.3) is 0 Å². The van der Waals surface area contributed by atoms with Crippen LogP contribution in [0.3, 0.4) is 0 Å². The number of hydrogen-bond acceptors (Lipinski definition) is 3. The molecule has 1 atom stereocenters. The van der Waals surface area contributed by atoms with Gasteiger partial charge in [-0.05, 0) is 32.2 Å². The number of sulfonamides is 1. The molecule has 0 aromatic carbocycles. The van der Waals surface area contributed by atoms with E-state index < -0.39 is 10.0 Å². The highest BCUT2D eigenvalue weighted by atomic mass is 32.2. The number of hydrogen-bond donors (Lipinski definition) is 1. The van der Waals surface area contributed by atoms with Gasteiger partial charge in [-0.2, -0.15) is 0 Å². The van der Waals surface area contributed by atoms with Gasteiger partial charge in [0.25, 0.3) is 0 Å². The molecule has 5 heteroatoms. The molecule has 1 N–H and O–H groups in total. The molecule has 1 aliphatic rings. The summed E-state index contributed by atoms with van der Waals surface area (Å²) in [6.07, 6.45) is 7.51. The van der Waals surface area contributed by atoms with E-state index in [0.717, 1.165) is 38.6 Å². The summed E-state index contributed by atoms with van der Waals surface area (Å²) in [7, 11) is -1.34. The molecular formula is C13H28N2O2S. The summed E-state index contributed by atoms with van der Waals surface area (Å²) in [5.41, 5.74) is 0. The molecule has 0 amide bonds. The number of piperidine rings is 1. The van der Waals surface area contributed by atoms with Gasteiger partial charge in [0.1, 0.15) is 0 Å². The predicted molar refractivity (Wildman–Crippen MR) is 76.2 cm³/mol. The van der Waals surface area contributed by atoms with E-state index in [2.05, 4.69) is 12.2 Å². The predicted octanol–water partition coefficient (Wildman–Crippen LogP) is 1.97. The Morgan fingerprint density at radius 3 is 2.67 bits per heavy atom. The highest BCUT2D eigenvalue weighted by molar-refractivity contribution is 7.89. The first-order chi connectivity index (χ1) is 8.56. The van der Waals surface area contributed by atoms with Gasteiger partial charge in [0.2, 0.25) is 10.0 Å². The number of unbranched alkanes of at least 4 members (excludes halogenated alkanes) is 2. The summed E-state index contributed by atoms with van der Waals surface area (Å²) >= 11 is 0. The Labute approximate surface area is 112 Å². The van der Waals surface area contributed by atoms with E-state index >= 15 is 0 Å². The maximum Gasteiger partial charge on any atom is 0.213 e. The quantitative estimate of drug-likeness (QED) is 0.690. The van der Waals surface area contributed by atoms with E-state index in [1.807, 2.05) is 0 Å². The summed E-state index contributed by atoms with van der Waals surface area (Å²) in [5.74, 6) is 0.285. The number of nitrogens with zero attached hydrogens (tertiary/aromatic N) is 1. The maximum atomic E-state index is 12.1. The van der Waals surface area contributed by atoms with Crippen LogP contribution in [0, 0.1) is 0 Å². The molecule has 0 aliphatic carbocycles. The van der Waals surface area contributed by atoms with E-state index in [1.54, 1.807) is 7.05 Å². The Bertz CT molecular complexity index is 311. The maximum absolute atomic E-state index is 12.1. The minimum absolute atomic E-state index is 0.285. The van der Waals surface area contributed by atoms with Gasteiger partial charge in [0.05, 0.1) is 5.75 Å². The molecule has 1 aliphatic heterocycles. The Morgan fingerprint density at radius 2 is 2.06 bits per heavy atom. The highest BCUT2D eigenvalue weighted by Crippen LogP contribution is 2.12. The largest absolute Gasteiger partial charge is 0.314 e. The topological polar surface area (TPSA) is 49.4 Å². The summed E-state index contributed by atoms with van der Waals surface area (Å²) in [5, 5.41) is 3.40. The molecule has 18 heavy (non-hydrogen) atoms. The Balaban J connectivity index is 2.28. The second-order valence-corrected chi connectivity index (χ2v) is 7.48. The third-order valence-electron chi connectivity index (χ3n) is 3.69. The van der Waals surface area contributed by atoms with Gasteiger partial charge in [0.15, 0.2) is 0 Å². The van der Waals surface area contributed by atoms with Gasteiger partial charge >= 0.3 is 0 Å². The second kappa shape index (κ2) is 8.12. The van der Waals surface area contributed by atoms with Crippen molar-refractivity contribution in [3.63, 3.8) is 0 Å². The van der Waals surface area contributed by atoms with Crippen LogP contribution in [0.4, 0.5) is 0 Å². The van der Waals surface area contributed by atoms with Gasteiger partial charge in [-0.15, -0.1) is 0 Å². The molecule has 108 valence electrons. The van der Waals surface area contributed by atoms with Crippen molar-refractivity contribution in [3.05, 3.63) is 0 Å². The molecular weight excluding hydrogens is 248 g/mol. The zero-order valence-electron chi connectivity index (χ0n) is 11.8. The van der Waals surface area contributed by atoms with Gasteiger partial charge < -0.3 is 5.32 Å². The first kappa shape index (κ1) is 15.9. The molecule has 1 rings (SSSR count). The Hall–Kier alpha value is -0.130. The van der Waals surface area contributed by atoms with Crippen molar-refractivity contribution >= 4 is 10.0 Å². The molecule has 1 fully saturated rings. The van der Waals surface area contributed by atoms with Crippen molar-refractivity contribution in [1.82, 2.24) is 9.62 Å². The molecule has 0 spiro atoms. The van der Waals surface area contributed by atoms with E-state index in [1.165, 1.54) is 17.1 Å². The van der Waals surface area contributed by atoms with Crippen LogP contribution >= 0.6 is 0 Å². The molecule has 0 saturated carbocycles. The normalized spacial score (nSPS) is 21.4. The van der Waals surface area contributed by atoms with E-state index in [9.17, 15) is 8.42 Å². The molecule has 0 bridgehead atoms. The first-order valence-corrected chi connectivity index (χ1v) is 8.84. The van der Waals surface area contributed by atoms with Crippen LogP contribution in [0.1, 0.15) is 51.9 Å². The van der Waals surface area contributed by atoms with E-state index in [-0.39, 0.29) is 5.75 Å². The lowest BCUT2D eigenvalue weighted by Crippen LogP contribution is -2.37. The van der Waals surface area contributed by atoms with Gasteiger partial charge in [0, 0.05) is 19.6 Å². The fourth-order valence-electron chi connectivity index (χ4n) is 2.34. The monoisotopic (exact) mass is 276 g/mol. The molecule has 0 aromatic rings. The van der Waals surface area contributed by atoms with Crippen LogP contribution < -0.4 is 5.32 Å². The smallest absolute Gasteiger partial charge is 0.213 e. The summed E-state index contributed by atoms with van der Waals surface area (Å²) < 4.78 is 25.7. The van der Waals surface area contributed by atoms with Crippen molar-refractivity contribution in [2.75, 3.05) is 25.9 Å². The zero-order chi connectivity index (χ0) is 13.4. The number of nitrogens with one attached hydrogen (secondary N) is 1. The third-order valence-corrected chi connectivity index (χ3v) is 5.57. The van der Waals surface area contributed by atoms with Gasteiger partial charge in [-0.3, -0.25) is 0 Å². The van der Waals surface area contributed by atoms with Crippen LogP contribution in [0.15, 0.2) is 0 Å². The van der Waals surface area contributed by atoms with Gasteiger partial charge in [-0.25, -0.2) is 12.7 Å². The molecule has 1 heterocycles. The van der Waals surface area contributed by atoms with Crippen molar-refractivity contribution < 1.29 is 8.42 Å².